The molecular formula is C13H15N3O2. The zero-order valence-corrected chi connectivity index (χ0v) is 10.5. The average molecular weight is 245 g/mol. The Morgan fingerprint density at radius 1 is 1.33 bits per heavy atom. The molecule has 0 saturated heterocycles. The fraction of sp³-hybridized carbons (Fsp3) is 0.308. The Labute approximate surface area is 105 Å². The number of aldehydes is 1. The average Bonchev–Trinajstić information content (AvgIpc) is 2.82. The molecule has 0 fully saturated rings. The van der Waals surface area contributed by atoms with Gasteiger partial charge in [-0.2, -0.15) is 0 Å². The lowest BCUT2D eigenvalue weighted by Gasteiger charge is -2.06. The molecule has 0 bridgehead atoms. The monoisotopic (exact) mass is 245 g/mol. The van der Waals surface area contributed by atoms with E-state index in [1.807, 2.05) is 24.3 Å². The van der Waals surface area contributed by atoms with Gasteiger partial charge in [0.25, 0.3) is 0 Å². The second kappa shape index (κ2) is 5.55. The third-order valence-electron chi connectivity index (χ3n) is 2.78. The molecule has 0 atom stereocenters. The second-order valence-electron chi connectivity index (χ2n) is 3.90. The Bertz CT molecular complexity index is 532. The molecule has 0 N–H and O–H groups in total. The molecule has 5 nitrogen and oxygen atoms in total. The van der Waals surface area contributed by atoms with Crippen molar-refractivity contribution in [1.82, 2.24) is 15.0 Å². The predicted molar refractivity (Wildman–Crippen MR) is 66.8 cm³/mol. The van der Waals surface area contributed by atoms with Gasteiger partial charge < -0.3 is 4.74 Å². The van der Waals surface area contributed by atoms with Crippen molar-refractivity contribution in [1.29, 1.82) is 0 Å². The lowest BCUT2D eigenvalue weighted by molar-refractivity contribution is 0.111. The van der Waals surface area contributed by atoms with Crippen LogP contribution in [0.15, 0.2) is 24.3 Å². The van der Waals surface area contributed by atoms with E-state index < -0.39 is 0 Å². The Morgan fingerprint density at radius 2 is 2.06 bits per heavy atom. The number of benzene rings is 1. The van der Waals surface area contributed by atoms with Crippen molar-refractivity contribution in [3.63, 3.8) is 0 Å². The highest BCUT2D eigenvalue weighted by Gasteiger charge is 2.13. The van der Waals surface area contributed by atoms with Crippen LogP contribution in [-0.2, 0) is 17.8 Å². The fourth-order valence-corrected chi connectivity index (χ4v) is 1.76. The van der Waals surface area contributed by atoms with Gasteiger partial charge in [0, 0.05) is 7.11 Å². The van der Waals surface area contributed by atoms with E-state index in [0.29, 0.717) is 24.3 Å². The molecule has 0 aliphatic carbocycles. The summed E-state index contributed by atoms with van der Waals surface area (Å²) < 4.78 is 6.71. The molecule has 18 heavy (non-hydrogen) atoms. The molecule has 0 aliphatic rings. The highest BCUT2D eigenvalue weighted by molar-refractivity contribution is 5.73. The lowest BCUT2D eigenvalue weighted by Crippen LogP contribution is -2.04. The predicted octanol–water partition coefficient (Wildman–Crippen LogP) is 1.79. The largest absolute Gasteiger partial charge is 0.378 e. The van der Waals surface area contributed by atoms with Crippen LogP contribution in [0.1, 0.15) is 28.7 Å². The molecule has 5 heteroatoms. The van der Waals surface area contributed by atoms with Crippen LogP contribution in [0.3, 0.4) is 0 Å². The Balaban J connectivity index is 2.42. The molecule has 94 valence electrons. The molecule has 0 radical (unpaired) electrons. The summed E-state index contributed by atoms with van der Waals surface area (Å²) in [6, 6.07) is 7.99. The molecule has 1 aromatic heterocycles. The molecule has 0 amide bonds. The third kappa shape index (κ3) is 2.31. The van der Waals surface area contributed by atoms with E-state index in [-0.39, 0.29) is 0 Å². The van der Waals surface area contributed by atoms with Crippen molar-refractivity contribution in [2.24, 2.45) is 0 Å². The first-order valence-electron chi connectivity index (χ1n) is 5.78. The maximum absolute atomic E-state index is 10.9. The molecule has 0 saturated carbocycles. The number of aryl methyl sites for hydroxylation is 1. The molecule has 0 aliphatic heterocycles. The third-order valence-corrected chi connectivity index (χ3v) is 2.78. The number of nitrogens with zero attached hydrogens (tertiary/aromatic N) is 3. The first-order chi connectivity index (χ1) is 8.80. The maximum atomic E-state index is 10.9. The van der Waals surface area contributed by atoms with Crippen molar-refractivity contribution < 1.29 is 9.53 Å². The van der Waals surface area contributed by atoms with Gasteiger partial charge in [0.1, 0.15) is 5.69 Å². The van der Waals surface area contributed by atoms with Crippen LogP contribution in [0.2, 0.25) is 0 Å². The van der Waals surface area contributed by atoms with Crippen LogP contribution in [0.5, 0.6) is 0 Å². The van der Waals surface area contributed by atoms with Gasteiger partial charge >= 0.3 is 0 Å². The number of carbonyl (C=O) groups is 1. The minimum atomic E-state index is 0.302. The molecule has 0 spiro atoms. The molecule has 0 unspecified atom stereocenters. The number of carbonyl (C=O) groups excluding carboxylic acids is 1. The summed E-state index contributed by atoms with van der Waals surface area (Å²) in [5.41, 5.74) is 3.11. The van der Waals surface area contributed by atoms with E-state index in [9.17, 15) is 4.79 Å². The first-order valence-corrected chi connectivity index (χ1v) is 5.78. The molecule has 2 aromatic rings. The van der Waals surface area contributed by atoms with Gasteiger partial charge in [0.05, 0.1) is 12.3 Å². The summed E-state index contributed by atoms with van der Waals surface area (Å²) in [6.45, 7) is 2.40. The van der Waals surface area contributed by atoms with Crippen molar-refractivity contribution >= 4 is 6.29 Å². The van der Waals surface area contributed by atoms with Crippen LogP contribution in [0, 0.1) is 0 Å². The summed E-state index contributed by atoms with van der Waals surface area (Å²) in [5.74, 6) is 0. The number of rotatable bonds is 5. The normalized spacial score (nSPS) is 10.6. The topological polar surface area (TPSA) is 57.0 Å². The molecule has 1 aromatic carbocycles. The van der Waals surface area contributed by atoms with Crippen molar-refractivity contribution in [3.8, 4) is 5.69 Å². The van der Waals surface area contributed by atoms with Gasteiger partial charge in [-0.1, -0.05) is 24.3 Å². The minimum absolute atomic E-state index is 0.302. The van der Waals surface area contributed by atoms with Crippen LogP contribution >= 0.6 is 0 Å². The van der Waals surface area contributed by atoms with E-state index in [2.05, 4.69) is 17.2 Å². The summed E-state index contributed by atoms with van der Waals surface area (Å²) in [4.78, 5) is 10.9. The van der Waals surface area contributed by atoms with E-state index in [4.69, 9.17) is 4.74 Å². The Kier molecular flexibility index (Phi) is 3.84. The van der Waals surface area contributed by atoms with Gasteiger partial charge in [-0.15, -0.1) is 5.10 Å². The number of methoxy groups -OCH3 is 1. The summed E-state index contributed by atoms with van der Waals surface area (Å²) in [5, 5.41) is 7.82. The van der Waals surface area contributed by atoms with E-state index in [1.54, 1.807) is 11.8 Å². The number of hydrogen-bond acceptors (Lipinski definition) is 4. The van der Waals surface area contributed by atoms with Crippen LogP contribution < -0.4 is 0 Å². The van der Waals surface area contributed by atoms with Gasteiger partial charge in [-0.05, 0) is 24.1 Å². The smallest absolute Gasteiger partial charge is 0.172 e. The number of aromatic nitrogens is 3. The lowest BCUT2D eigenvalue weighted by atomic mass is 10.1. The van der Waals surface area contributed by atoms with Crippen molar-refractivity contribution in [2.75, 3.05) is 7.11 Å². The Morgan fingerprint density at radius 3 is 2.61 bits per heavy atom. The zero-order valence-electron chi connectivity index (χ0n) is 10.5. The highest BCUT2D eigenvalue weighted by Crippen LogP contribution is 2.14. The quantitative estimate of drug-likeness (QED) is 0.753. The SMILES string of the molecule is CCc1ccc(-n2nnc(C=O)c2COC)cc1. The van der Waals surface area contributed by atoms with E-state index in [0.717, 1.165) is 12.1 Å². The van der Waals surface area contributed by atoms with E-state index >= 15 is 0 Å². The van der Waals surface area contributed by atoms with Gasteiger partial charge in [0.15, 0.2) is 12.0 Å². The summed E-state index contributed by atoms with van der Waals surface area (Å²) in [7, 11) is 1.58. The van der Waals surface area contributed by atoms with E-state index in [1.165, 1.54) is 5.56 Å². The minimum Gasteiger partial charge on any atom is -0.378 e. The number of hydrogen-bond donors (Lipinski definition) is 0. The molecule has 1 heterocycles. The number of ether oxygens (including phenoxy) is 1. The fourth-order valence-electron chi connectivity index (χ4n) is 1.76. The van der Waals surface area contributed by atoms with Crippen LogP contribution in [-0.4, -0.2) is 28.4 Å². The van der Waals surface area contributed by atoms with Crippen LogP contribution in [0.25, 0.3) is 5.69 Å². The van der Waals surface area contributed by atoms with Gasteiger partial charge in [0.2, 0.25) is 0 Å². The zero-order chi connectivity index (χ0) is 13.0. The second-order valence-corrected chi connectivity index (χ2v) is 3.90. The molecule has 2 rings (SSSR count). The maximum Gasteiger partial charge on any atom is 0.172 e. The van der Waals surface area contributed by atoms with Crippen molar-refractivity contribution in [3.05, 3.63) is 41.2 Å². The summed E-state index contributed by atoms with van der Waals surface area (Å²) >= 11 is 0. The molecular weight excluding hydrogens is 230 g/mol. The van der Waals surface area contributed by atoms with Crippen LogP contribution in [0.4, 0.5) is 0 Å². The standard InChI is InChI=1S/C13H15N3O2/c1-3-10-4-6-11(7-5-10)16-13(9-18-2)12(8-17)14-15-16/h4-8H,3,9H2,1-2H3. The van der Waals surface area contributed by atoms with Gasteiger partial charge in [-0.25, -0.2) is 4.68 Å². The van der Waals surface area contributed by atoms with Crippen molar-refractivity contribution in [2.45, 2.75) is 20.0 Å². The Hall–Kier alpha value is -2.01. The highest BCUT2D eigenvalue weighted by atomic mass is 16.5. The van der Waals surface area contributed by atoms with Gasteiger partial charge in [-0.3, -0.25) is 4.79 Å². The summed E-state index contributed by atoms with van der Waals surface area (Å²) in [6.07, 6.45) is 1.68. The first kappa shape index (κ1) is 12.4.